The van der Waals surface area contributed by atoms with Gasteiger partial charge in [-0.25, -0.2) is 0 Å². The van der Waals surface area contributed by atoms with Gasteiger partial charge in [0.05, 0.1) is 0 Å². The molecule has 3 atom stereocenters. The third-order valence-electron chi connectivity index (χ3n) is 9.77. The Morgan fingerprint density at radius 1 is 0.690 bits per heavy atom. The Morgan fingerprint density at radius 2 is 1.14 bits per heavy atom. The lowest BCUT2D eigenvalue weighted by Gasteiger charge is -2.49. The van der Waals surface area contributed by atoms with Crippen molar-refractivity contribution in [3.8, 4) is 22.3 Å². The van der Waals surface area contributed by atoms with Gasteiger partial charge < -0.3 is 10.6 Å². The molecule has 2 nitrogen and oxygen atoms in total. The van der Waals surface area contributed by atoms with Crippen LogP contribution in [0.5, 0.6) is 0 Å². The number of benzene rings is 3. The lowest BCUT2D eigenvalue weighted by Crippen LogP contribution is -2.49. The summed E-state index contributed by atoms with van der Waals surface area (Å²) in [5.74, 6) is 1.20. The van der Waals surface area contributed by atoms with Crippen molar-refractivity contribution in [2.45, 2.75) is 88.9 Å². The molecule has 0 saturated carbocycles. The molecule has 3 aromatic carbocycles. The number of rotatable bonds is 7. The van der Waals surface area contributed by atoms with Gasteiger partial charge in [0.2, 0.25) is 0 Å². The summed E-state index contributed by atoms with van der Waals surface area (Å²) in [4.78, 5) is 0. The quantitative estimate of drug-likeness (QED) is 0.264. The lowest BCUT2D eigenvalue weighted by atomic mass is 9.68. The average molecular weight is 601 g/mol. The zero-order valence-corrected chi connectivity index (χ0v) is 29.0. The van der Waals surface area contributed by atoms with Gasteiger partial charge in [-0.15, -0.1) is 9.24 Å². The summed E-state index contributed by atoms with van der Waals surface area (Å²) in [7, 11) is 3.25. The molecule has 0 bridgehead atoms. The first-order valence-corrected chi connectivity index (χ1v) is 18.4. The van der Waals surface area contributed by atoms with E-state index in [1.165, 1.54) is 47.9 Å². The fourth-order valence-electron chi connectivity index (χ4n) is 7.83. The summed E-state index contributed by atoms with van der Waals surface area (Å²) in [5.41, 5.74) is 8.54. The highest BCUT2D eigenvalue weighted by Gasteiger charge is 2.46. The van der Waals surface area contributed by atoms with Gasteiger partial charge in [0, 0.05) is 5.16 Å². The molecule has 3 unspecified atom stereocenters. The summed E-state index contributed by atoms with van der Waals surface area (Å²) in [5, 5.41) is 8.17. The molecule has 5 rings (SSSR count). The molecule has 226 valence electrons. The third-order valence-corrected chi connectivity index (χ3v) is 14.9. The van der Waals surface area contributed by atoms with E-state index in [9.17, 15) is 0 Å². The Morgan fingerprint density at radius 3 is 1.55 bits per heavy atom. The van der Waals surface area contributed by atoms with E-state index >= 15 is 0 Å². The van der Waals surface area contributed by atoms with Crippen LogP contribution in [0.2, 0.25) is 0 Å². The summed E-state index contributed by atoms with van der Waals surface area (Å²) < 4.78 is 0. The molecule has 2 saturated heterocycles. The van der Waals surface area contributed by atoms with E-state index < -0.39 is 0 Å². The molecule has 2 heterocycles. The van der Waals surface area contributed by atoms with E-state index in [0.717, 1.165) is 32.3 Å². The number of hydrogen-bond acceptors (Lipinski definition) is 2. The van der Waals surface area contributed by atoms with Crippen molar-refractivity contribution in [1.82, 2.24) is 10.6 Å². The molecule has 2 aliphatic rings. The Balaban J connectivity index is 1.80. The fraction of sp³-hybridized carbons (Fsp3) is 0.526. The van der Waals surface area contributed by atoms with Crippen molar-refractivity contribution < 1.29 is 0 Å². The summed E-state index contributed by atoms with van der Waals surface area (Å²) in [6, 6.07) is 27.5. The predicted octanol–water partition coefficient (Wildman–Crippen LogP) is 9.67. The van der Waals surface area contributed by atoms with E-state index in [1.54, 1.807) is 11.1 Å². The Labute approximate surface area is 260 Å². The normalized spacial score (nSPS) is 21.7. The van der Waals surface area contributed by atoms with Crippen LogP contribution >= 0.6 is 17.2 Å². The van der Waals surface area contributed by atoms with Crippen LogP contribution in [0.3, 0.4) is 0 Å². The van der Waals surface area contributed by atoms with E-state index in [2.05, 4.69) is 134 Å². The molecular formula is C38H54N2P2. The molecule has 2 aliphatic heterocycles. The van der Waals surface area contributed by atoms with Crippen molar-refractivity contribution in [2.24, 2.45) is 11.8 Å². The van der Waals surface area contributed by atoms with E-state index in [-0.39, 0.29) is 23.4 Å². The van der Waals surface area contributed by atoms with E-state index in [4.69, 9.17) is 0 Å². The molecule has 3 aromatic rings. The predicted molar refractivity (Wildman–Crippen MR) is 190 cm³/mol. The van der Waals surface area contributed by atoms with Crippen molar-refractivity contribution in [2.75, 3.05) is 26.2 Å². The van der Waals surface area contributed by atoms with Crippen LogP contribution in [-0.4, -0.2) is 36.5 Å². The first-order valence-electron chi connectivity index (χ1n) is 16.3. The van der Waals surface area contributed by atoms with Gasteiger partial charge in [0.15, 0.2) is 0 Å². The highest BCUT2D eigenvalue weighted by atomic mass is 31.1. The van der Waals surface area contributed by atoms with Gasteiger partial charge in [-0.05, 0) is 126 Å². The monoisotopic (exact) mass is 600 g/mol. The van der Waals surface area contributed by atoms with Crippen molar-refractivity contribution in [3.05, 3.63) is 83.9 Å². The van der Waals surface area contributed by atoms with Gasteiger partial charge in [0.1, 0.15) is 0 Å². The summed E-state index contributed by atoms with van der Waals surface area (Å²) in [6.07, 6.45) is 6.27. The highest BCUT2D eigenvalue weighted by Crippen LogP contribution is 2.63. The molecular weight excluding hydrogens is 546 g/mol. The maximum atomic E-state index is 3.81. The molecule has 2 fully saturated rings. The smallest absolute Gasteiger partial charge is 0.0181 e. The minimum atomic E-state index is -0.303. The molecule has 0 amide bonds. The second-order valence-corrected chi connectivity index (χ2v) is 19.5. The molecule has 0 aliphatic carbocycles. The molecule has 42 heavy (non-hydrogen) atoms. The van der Waals surface area contributed by atoms with Gasteiger partial charge >= 0.3 is 0 Å². The van der Waals surface area contributed by atoms with Crippen LogP contribution in [0.15, 0.2) is 72.8 Å². The standard InChI is InChI=1S/C38H54N2P2/c1-36(2,3)42(37(4,5)6)27-30-23-33(28-15-9-7-10-16-28)34(29-17-11-8-12-18-29)24-35(30)38(41,31-19-13-21-39-25-31)32-20-14-22-40-26-32/h7-12,15-18,23-24,31-32,39-40H,13-14,19-22,25-27,41H2,1-6H3. The van der Waals surface area contributed by atoms with Crippen molar-refractivity contribution >= 4 is 17.2 Å². The summed E-state index contributed by atoms with van der Waals surface area (Å²) >= 11 is 0. The molecule has 0 radical (unpaired) electrons. The maximum Gasteiger partial charge on any atom is 0.0181 e. The second-order valence-electron chi connectivity index (χ2n) is 14.7. The van der Waals surface area contributed by atoms with Crippen LogP contribution in [0.1, 0.15) is 78.4 Å². The molecule has 0 aromatic heterocycles. The minimum absolute atomic E-state index is 0.0195. The van der Waals surface area contributed by atoms with Crippen LogP contribution in [0, 0.1) is 11.8 Å². The van der Waals surface area contributed by atoms with E-state index in [1.807, 2.05) is 0 Å². The maximum absolute atomic E-state index is 3.81. The van der Waals surface area contributed by atoms with Crippen LogP contribution in [0.4, 0.5) is 0 Å². The molecule has 2 N–H and O–H groups in total. The SMILES string of the molecule is CC(C)(C)P(Cc1cc(-c2ccccc2)c(-c2ccccc2)cc1C(P)(C1CCCNC1)C1CCCNC1)C(C)(C)C. The van der Waals surface area contributed by atoms with Gasteiger partial charge in [-0.3, -0.25) is 0 Å². The van der Waals surface area contributed by atoms with Crippen LogP contribution in [0.25, 0.3) is 22.3 Å². The van der Waals surface area contributed by atoms with Crippen molar-refractivity contribution in [3.63, 3.8) is 0 Å². The van der Waals surface area contributed by atoms with Crippen LogP contribution < -0.4 is 10.6 Å². The minimum Gasteiger partial charge on any atom is -0.316 e. The van der Waals surface area contributed by atoms with E-state index in [0.29, 0.717) is 11.8 Å². The van der Waals surface area contributed by atoms with Gasteiger partial charge in [-0.2, -0.15) is 0 Å². The number of piperidine rings is 2. The average Bonchev–Trinajstić information content (AvgIpc) is 2.99. The van der Waals surface area contributed by atoms with Gasteiger partial charge in [0.25, 0.3) is 0 Å². The fourth-order valence-corrected chi connectivity index (χ4v) is 12.2. The first-order chi connectivity index (χ1) is 20.0. The Bertz CT molecular complexity index is 1260. The zero-order chi connectivity index (χ0) is 30.0. The zero-order valence-electron chi connectivity index (χ0n) is 27.0. The number of hydrogen-bond donors (Lipinski definition) is 2. The molecule has 0 spiro atoms. The third kappa shape index (κ3) is 6.89. The largest absolute Gasteiger partial charge is 0.316 e. The second kappa shape index (κ2) is 13.2. The van der Waals surface area contributed by atoms with Crippen LogP contribution in [-0.2, 0) is 11.3 Å². The van der Waals surface area contributed by atoms with Gasteiger partial charge in [-0.1, -0.05) is 110 Å². The Kier molecular flexibility index (Phi) is 10.0. The number of nitrogens with one attached hydrogen (secondary N) is 2. The molecule has 4 heteroatoms. The van der Waals surface area contributed by atoms with Crippen molar-refractivity contribution in [1.29, 1.82) is 0 Å². The summed E-state index contributed by atoms with van der Waals surface area (Å²) in [6.45, 7) is 19.4. The Hall–Kier alpha value is -1.56. The topological polar surface area (TPSA) is 24.1 Å². The highest BCUT2D eigenvalue weighted by molar-refractivity contribution is 7.60. The first kappa shape index (κ1) is 31.9. The lowest BCUT2D eigenvalue weighted by molar-refractivity contribution is 0.193.